The van der Waals surface area contributed by atoms with Gasteiger partial charge in [-0.1, -0.05) is 176 Å². The van der Waals surface area contributed by atoms with Gasteiger partial charge < -0.3 is 0 Å². The smallest absolute Gasteiger partial charge is 0.164 e. The number of fused-ring (bicyclic) bond motifs is 5. The first-order chi connectivity index (χ1) is 28.2. The molecular weight excluding hydrogens is 695 g/mol. The highest BCUT2D eigenvalue weighted by molar-refractivity contribution is 6.08. The van der Waals surface area contributed by atoms with Gasteiger partial charge in [0.25, 0.3) is 0 Å². The average molecular weight is 728 g/mol. The van der Waals surface area contributed by atoms with Crippen LogP contribution in [0.3, 0.4) is 0 Å². The van der Waals surface area contributed by atoms with Crippen molar-refractivity contribution < 1.29 is 0 Å². The van der Waals surface area contributed by atoms with E-state index in [9.17, 15) is 0 Å². The van der Waals surface area contributed by atoms with Crippen molar-refractivity contribution in [3.05, 3.63) is 200 Å². The highest BCUT2D eigenvalue weighted by Gasteiger charge is 2.22. The fourth-order valence-electron chi connectivity index (χ4n) is 8.01. The molecule has 0 aliphatic carbocycles. The number of hydrogen-bond donors (Lipinski definition) is 0. The van der Waals surface area contributed by atoms with E-state index in [4.69, 9.17) is 20.1 Å². The fraction of sp³-hybridized carbons (Fsp3) is 0. The molecule has 11 rings (SSSR count). The average Bonchev–Trinajstić information content (AvgIpc) is 3.70. The summed E-state index contributed by atoms with van der Waals surface area (Å²) in [4.78, 5) is 15.5. The molecule has 0 atom stereocenters. The Balaban J connectivity index is 1.14. The first kappa shape index (κ1) is 32.7. The Hall–Kier alpha value is -7.76. The number of nitrogens with zero attached hydrogens (tertiary/aromatic N) is 5. The Kier molecular flexibility index (Phi) is 7.74. The highest BCUT2D eigenvalue weighted by Crippen LogP contribution is 2.41. The van der Waals surface area contributed by atoms with Gasteiger partial charge >= 0.3 is 0 Å². The van der Waals surface area contributed by atoms with Gasteiger partial charge in [0.05, 0.1) is 11.2 Å². The summed E-state index contributed by atoms with van der Waals surface area (Å²) in [6, 6.07) is 69.9. The SMILES string of the molecule is c1ccc(-c2c(-c3cccc(-c4nc(-c5ccc6ccccc6c5)nc(-c5ccc6ccccc6c5)n4)c3)nn3c(-c4ccccc4)cc4ccccc4c23)cc1. The first-order valence-electron chi connectivity index (χ1n) is 19.1. The van der Waals surface area contributed by atoms with Gasteiger partial charge in [0, 0.05) is 38.8 Å². The second kappa shape index (κ2) is 13.5. The van der Waals surface area contributed by atoms with Crippen molar-refractivity contribution >= 4 is 37.8 Å². The van der Waals surface area contributed by atoms with E-state index in [1.807, 2.05) is 0 Å². The molecule has 0 aliphatic heterocycles. The number of pyridine rings is 1. The van der Waals surface area contributed by atoms with Gasteiger partial charge in [-0.2, -0.15) is 5.10 Å². The molecule has 266 valence electrons. The van der Waals surface area contributed by atoms with E-state index < -0.39 is 0 Å². The van der Waals surface area contributed by atoms with Crippen molar-refractivity contribution in [2.75, 3.05) is 0 Å². The van der Waals surface area contributed by atoms with Crippen LogP contribution in [0.4, 0.5) is 0 Å². The minimum atomic E-state index is 0.596. The molecular formula is C52H33N5. The lowest BCUT2D eigenvalue weighted by Crippen LogP contribution is -2.00. The maximum Gasteiger partial charge on any atom is 0.164 e. The summed E-state index contributed by atoms with van der Waals surface area (Å²) in [5.74, 6) is 1.84. The lowest BCUT2D eigenvalue weighted by Gasteiger charge is -2.11. The fourth-order valence-corrected chi connectivity index (χ4v) is 8.01. The standard InChI is InChI=1S/C52H33N5/c1-3-16-36(17-4-1)46-33-40-22-11-12-25-45(40)49-47(37-18-5-2-6-19-37)48(56-57(46)49)41-23-13-24-42(32-41)50-53-51(43-28-26-34-14-7-9-20-38(34)30-43)55-52(54-50)44-29-27-35-15-8-10-21-39(35)31-44/h1-33H. The molecule has 0 amide bonds. The van der Waals surface area contributed by atoms with Gasteiger partial charge in [-0.05, 0) is 56.8 Å². The largest absolute Gasteiger partial charge is 0.231 e. The summed E-state index contributed by atoms with van der Waals surface area (Å²) < 4.78 is 2.13. The van der Waals surface area contributed by atoms with Crippen molar-refractivity contribution in [3.8, 4) is 67.8 Å². The van der Waals surface area contributed by atoms with E-state index in [1.165, 1.54) is 10.8 Å². The second-order valence-electron chi connectivity index (χ2n) is 14.3. The number of hydrogen-bond acceptors (Lipinski definition) is 4. The Morgan fingerprint density at radius 2 is 0.789 bits per heavy atom. The van der Waals surface area contributed by atoms with Gasteiger partial charge in [-0.3, -0.25) is 0 Å². The summed E-state index contributed by atoms with van der Waals surface area (Å²) in [6.45, 7) is 0. The van der Waals surface area contributed by atoms with Crippen LogP contribution in [0, 0.1) is 0 Å². The quantitative estimate of drug-likeness (QED) is 0.171. The summed E-state index contributed by atoms with van der Waals surface area (Å²) in [5, 5.41) is 12.4. The van der Waals surface area contributed by atoms with Crippen molar-refractivity contribution in [2.45, 2.75) is 0 Å². The predicted octanol–water partition coefficient (Wildman–Crippen LogP) is 13.0. The van der Waals surface area contributed by atoms with Crippen molar-refractivity contribution in [1.82, 2.24) is 24.6 Å². The summed E-state index contributed by atoms with van der Waals surface area (Å²) >= 11 is 0. The van der Waals surface area contributed by atoms with Crippen molar-refractivity contribution in [1.29, 1.82) is 0 Å². The molecule has 0 saturated heterocycles. The molecule has 8 aromatic carbocycles. The van der Waals surface area contributed by atoms with Gasteiger partial charge in [-0.15, -0.1) is 0 Å². The molecule has 5 nitrogen and oxygen atoms in total. The molecule has 0 radical (unpaired) electrons. The maximum atomic E-state index is 5.47. The third kappa shape index (κ3) is 5.81. The van der Waals surface area contributed by atoms with Crippen molar-refractivity contribution in [3.63, 3.8) is 0 Å². The summed E-state index contributed by atoms with van der Waals surface area (Å²) in [6.07, 6.45) is 0. The molecule has 3 heterocycles. The van der Waals surface area contributed by atoms with Crippen LogP contribution in [0.25, 0.3) is 106 Å². The van der Waals surface area contributed by atoms with Crippen LogP contribution in [0.2, 0.25) is 0 Å². The third-order valence-corrected chi connectivity index (χ3v) is 10.8. The monoisotopic (exact) mass is 727 g/mol. The normalized spacial score (nSPS) is 11.5. The van der Waals surface area contributed by atoms with Crippen LogP contribution in [-0.2, 0) is 0 Å². The summed E-state index contributed by atoms with van der Waals surface area (Å²) in [7, 11) is 0. The van der Waals surface area contributed by atoms with E-state index in [0.717, 1.165) is 77.4 Å². The van der Waals surface area contributed by atoms with Crippen LogP contribution in [0.5, 0.6) is 0 Å². The van der Waals surface area contributed by atoms with E-state index >= 15 is 0 Å². The van der Waals surface area contributed by atoms with E-state index in [2.05, 4.69) is 205 Å². The predicted molar refractivity (Wildman–Crippen MR) is 234 cm³/mol. The first-order valence-corrected chi connectivity index (χ1v) is 19.1. The van der Waals surface area contributed by atoms with Crippen LogP contribution >= 0.6 is 0 Å². The molecule has 5 heteroatoms. The number of aromatic nitrogens is 5. The lowest BCUT2D eigenvalue weighted by atomic mass is 9.96. The molecule has 0 aliphatic rings. The maximum absolute atomic E-state index is 5.47. The van der Waals surface area contributed by atoms with Crippen LogP contribution in [0.15, 0.2) is 200 Å². The Labute approximate surface area is 329 Å². The minimum absolute atomic E-state index is 0.596. The van der Waals surface area contributed by atoms with Gasteiger partial charge in [0.2, 0.25) is 0 Å². The number of benzene rings is 8. The molecule has 57 heavy (non-hydrogen) atoms. The Morgan fingerprint density at radius 1 is 0.316 bits per heavy atom. The highest BCUT2D eigenvalue weighted by atomic mass is 15.2. The molecule has 0 unspecified atom stereocenters. The van der Waals surface area contributed by atoms with Crippen LogP contribution in [-0.4, -0.2) is 24.6 Å². The van der Waals surface area contributed by atoms with Crippen LogP contribution in [0.1, 0.15) is 0 Å². The van der Waals surface area contributed by atoms with Crippen LogP contribution < -0.4 is 0 Å². The molecule has 0 spiro atoms. The topological polar surface area (TPSA) is 56.0 Å². The van der Waals surface area contributed by atoms with E-state index in [1.54, 1.807) is 0 Å². The second-order valence-corrected chi connectivity index (χ2v) is 14.3. The Bertz CT molecular complexity index is 3200. The number of rotatable bonds is 6. The van der Waals surface area contributed by atoms with E-state index in [-0.39, 0.29) is 0 Å². The zero-order valence-electron chi connectivity index (χ0n) is 30.8. The molecule has 0 saturated carbocycles. The molecule has 3 aromatic heterocycles. The zero-order chi connectivity index (χ0) is 37.7. The Morgan fingerprint density at radius 3 is 1.40 bits per heavy atom. The molecule has 11 aromatic rings. The van der Waals surface area contributed by atoms with Gasteiger partial charge in [-0.25, -0.2) is 19.5 Å². The van der Waals surface area contributed by atoms with Gasteiger partial charge in [0.15, 0.2) is 17.5 Å². The zero-order valence-corrected chi connectivity index (χ0v) is 30.8. The summed E-state index contributed by atoms with van der Waals surface area (Å²) in [5.41, 5.74) is 9.97. The third-order valence-electron chi connectivity index (χ3n) is 10.8. The minimum Gasteiger partial charge on any atom is -0.231 e. The molecule has 0 fully saturated rings. The lowest BCUT2D eigenvalue weighted by molar-refractivity contribution is 0.979. The van der Waals surface area contributed by atoms with Gasteiger partial charge in [0.1, 0.15) is 5.69 Å². The molecule has 0 N–H and O–H groups in total. The molecule has 0 bridgehead atoms. The van der Waals surface area contributed by atoms with Crippen molar-refractivity contribution in [2.24, 2.45) is 0 Å². The van der Waals surface area contributed by atoms with E-state index in [0.29, 0.717) is 17.5 Å².